The standard InChI is InChI=1S/C33H31BN2/c1-24-9-4-13-28(19-24)35(29-14-5-10-25(2)20-29)32-17-8-18-33(23-32)36(30-15-6-11-26(3)21-30)31-16-7-12-27(34)22-31/h4-23H,34H2,1-3H3. The second-order valence-electron chi connectivity index (χ2n) is 9.55. The highest BCUT2D eigenvalue weighted by atomic mass is 15.2. The average molecular weight is 466 g/mol. The summed E-state index contributed by atoms with van der Waals surface area (Å²) in [4.78, 5) is 4.68. The van der Waals surface area contributed by atoms with Gasteiger partial charge in [-0.2, -0.15) is 0 Å². The van der Waals surface area contributed by atoms with Crippen LogP contribution in [0.5, 0.6) is 0 Å². The number of hydrogen-bond donors (Lipinski definition) is 0. The number of anilines is 6. The number of rotatable bonds is 6. The highest BCUT2D eigenvalue weighted by Gasteiger charge is 2.17. The predicted molar refractivity (Wildman–Crippen MR) is 158 cm³/mol. The monoisotopic (exact) mass is 466 g/mol. The van der Waals surface area contributed by atoms with E-state index in [4.69, 9.17) is 0 Å². The number of hydrogen-bond acceptors (Lipinski definition) is 2. The Morgan fingerprint density at radius 2 is 0.694 bits per heavy atom. The van der Waals surface area contributed by atoms with Gasteiger partial charge >= 0.3 is 0 Å². The molecular weight excluding hydrogens is 435 g/mol. The number of aryl methyl sites for hydroxylation is 3. The van der Waals surface area contributed by atoms with Crippen LogP contribution in [-0.2, 0) is 0 Å². The Labute approximate surface area is 215 Å². The van der Waals surface area contributed by atoms with Crippen molar-refractivity contribution >= 4 is 47.4 Å². The second-order valence-corrected chi connectivity index (χ2v) is 9.55. The van der Waals surface area contributed by atoms with Gasteiger partial charge in [-0.1, -0.05) is 60.1 Å². The molecule has 0 saturated carbocycles. The van der Waals surface area contributed by atoms with Crippen LogP contribution in [0.15, 0.2) is 121 Å². The van der Waals surface area contributed by atoms with Crippen LogP contribution in [0.2, 0.25) is 0 Å². The van der Waals surface area contributed by atoms with Crippen molar-refractivity contribution in [2.75, 3.05) is 9.80 Å². The van der Waals surface area contributed by atoms with Crippen molar-refractivity contribution in [3.05, 3.63) is 138 Å². The lowest BCUT2D eigenvalue weighted by Crippen LogP contribution is -2.15. The van der Waals surface area contributed by atoms with Gasteiger partial charge in [-0.05, 0) is 104 Å². The van der Waals surface area contributed by atoms with Gasteiger partial charge in [0, 0.05) is 34.1 Å². The molecule has 0 N–H and O–H groups in total. The van der Waals surface area contributed by atoms with Gasteiger partial charge in [0.05, 0.1) is 0 Å². The molecule has 0 fully saturated rings. The largest absolute Gasteiger partial charge is 0.310 e. The minimum atomic E-state index is 1.12. The van der Waals surface area contributed by atoms with Crippen molar-refractivity contribution in [3.63, 3.8) is 0 Å². The lowest BCUT2D eigenvalue weighted by molar-refractivity contribution is 1.24. The Balaban J connectivity index is 1.69. The molecule has 0 atom stereocenters. The molecule has 2 nitrogen and oxygen atoms in total. The molecule has 3 heteroatoms. The summed E-state index contributed by atoms with van der Waals surface area (Å²) in [6.45, 7) is 6.43. The highest BCUT2D eigenvalue weighted by Crippen LogP contribution is 2.40. The van der Waals surface area contributed by atoms with E-state index < -0.39 is 0 Å². The maximum absolute atomic E-state index is 2.34. The third kappa shape index (κ3) is 5.06. The number of benzene rings is 5. The average Bonchev–Trinajstić information content (AvgIpc) is 2.85. The van der Waals surface area contributed by atoms with Gasteiger partial charge in [-0.3, -0.25) is 0 Å². The van der Waals surface area contributed by atoms with Crippen LogP contribution in [0.4, 0.5) is 34.1 Å². The summed E-state index contributed by atoms with van der Waals surface area (Å²) in [7, 11) is 2.14. The van der Waals surface area contributed by atoms with Crippen molar-refractivity contribution in [1.29, 1.82) is 0 Å². The highest BCUT2D eigenvalue weighted by molar-refractivity contribution is 6.32. The first-order valence-corrected chi connectivity index (χ1v) is 12.4. The van der Waals surface area contributed by atoms with E-state index in [1.807, 2.05) is 0 Å². The quantitative estimate of drug-likeness (QED) is 0.236. The Morgan fingerprint density at radius 3 is 1.06 bits per heavy atom. The van der Waals surface area contributed by atoms with E-state index in [0.29, 0.717) is 0 Å². The summed E-state index contributed by atoms with van der Waals surface area (Å²) < 4.78 is 0. The summed E-state index contributed by atoms with van der Waals surface area (Å²) in [5.74, 6) is 0. The van der Waals surface area contributed by atoms with E-state index in [1.54, 1.807) is 0 Å². The van der Waals surface area contributed by atoms with Crippen molar-refractivity contribution in [2.45, 2.75) is 20.8 Å². The zero-order valence-corrected chi connectivity index (χ0v) is 21.4. The fraction of sp³-hybridized carbons (Fsp3) is 0.0909. The molecule has 176 valence electrons. The molecule has 0 unspecified atom stereocenters. The van der Waals surface area contributed by atoms with Crippen LogP contribution in [0, 0.1) is 20.8 Å². The Kier molecular flexibility index (Phi) is 6.64. The van der Waals surface area contributed by atoms with Crippen molar-refractivity contribution in [1.82, 2.24) is 0 Å². The topological polar surface area (TPSA) is 6.48 Å². The minimum absolute atomic E-state index is 1.12. The van der Waals surface area contributed by atoms with Gasteiger partial charge in [0.25, 0.3) is 0 Å². The van der Waals surface area contributed by atoms with Gasteiger partial charge < -0.3 is 9.80 Å². The van der Waals surface area contributed by atoms with E-state index >= 15 is 0 Å². The van der Waals surface area contributed by atoms with E-state index in [9.17, 15) is 0 Å². The third-order valence-corrected chi connectivity index (χ3v) is 6.39. The van der Waals surface area contributed by atoms with E-state index in [1.165, 1.54) is 22.2 Å². The zero-order chi connectivity index (χ0) is 25.1. The Bertz CT molecular complexity index is 1310. The van der Waals surface area contributed by atoms with E-state index in [0.717, 1.165) is 34.1 Å². The lowest BCUT2D eigenvalue weighted by atomic mass is 9.95. The summed E-state index contributed by atoms with van der Waals surface area (Å²) >= 11 is 0. The van der Waals surface area contributed by atoms with Crippen molar-refractivity contribution in [2.24, 2.45) is 0 Å². The molecule has 0 amide bonds. The molecule has 0 aromatic heterocycles. The van der Waals surface area contributed by atoms with Gasteiger partial charge in [0.2, 0.25) is 0 Å². The predicted octanol–water partition coefficient (Wildman–Crippen LogP) is 7.81. The second kappa shape index (κ2) is 10.2. The lowest BCUT2D eigenvalue weighted by Gasteiger charge is -2.30. The smallest absolute Gasteiger partial charge is 0.139 e. The van der Waals surface area contributed by atoms with Crippen molar-refractivity contribution < 1.29 is 0 Å². The molecule has 0 radical (unpaired) electrons. The molecule has 0 spiro atoms. The molecule has 5 aromatic carbocycles. The van der Waals surface area contributed by atoms with Gasteiger partial charge in [0.15, 0.2) is 0 Å². The van der Waals surface area contributed by atoms with Crippen LogP contribution in [0.25, 0.3) is 0 Å². The summed E-state index contributed by atoms with van der Waals surface area (Å²) in [5.41, 5.74) is 11.8. The molecular formula is C33H31BN2. The molecule has 5 rings (SSSR count). The van der Waals surface area contributed by atoms with Crippen LogP contribution < -0.4 is 15.3 Å². The maximum atomic E-state index is 2.34. The van der Waals surface area contributed by atoms with Crippen LogP contribution in [0.1, 0.15) is 16.7 Å². The molecule has 0 heterocycles. The molecule has 0 aliphatic carbocycles. The molecule has 36 heavy (non-hydrogen) atoms. The first-order valence-electron chi connectivity index (χ1n) is 12.4. The molecule has 0 aliphatic rings. The Morgan fingerprint density at radius 1 is 0.389 bits per heavy atom. The van der Waals surface area contributed by atoms with E-state index in [-0.39, 0.29) is 0 Å². The van der Waals surface area contributed by atoms with Crippen molar-refractivity contribution in [3.8, 4) is 0 Å². The zero-order valence-electron chi connectivity index (χ0n) is 21.4. The van der Waals surface area contributed by atoms with Crippen LogP contribution in [-0.4, -0.2) is 7.85 Å². The summed E-state index contributed by atoms with van der Waals surface area (Å²) in [5, 5.41) is 0. The van der Waals surface area contributed by atoms with Crippen LogP contribution in [0.3, 0.4) is 0 Å². The third-order valence-electron chi connectivity index (χ3n) is 6.39. The Hall–Kier alpha value is -4.24. The van der Waals surface area contributed by atoms with Gasteiger partial charge in [-0.25, -0.2) is 0 Å². The number of nitrogens with zero attached hydrogens (tertiary/aromatic N) is 2. The first-order chi connectivity index (χ1) is 17.5. The fourth-order valence-corrected chi connectivity index (χ4v) is 4.73. The first kappa shape index (κ1) is 23.5. The van der Waals surface area contributed by atoms with Gasteiger partial charge in [-0.15, -0.1) is 0 Å². The normalized spacial score (nSPS) is 10.8. The molecule has 0 saturated heterocycles. The maximum Gasteiger partial charge on any atom is 0.139 e. The summed E-state index contributed by atoms with van der Waals surface area (Å²) in [6.07, 6.45) is 0. The summed E-state index contributed by atoms with van der Waals surface area (Å²) in [6, 6.07) is 43.6. The van der Waals surface area contributed by atoms with E-state index in [2.05, 4.69) is 160 Å². The van der Waals surface area contributed by atoms with Crippen LogP contribution >= 0.6 is 0 Å². The molecule has 0 aliphatic heterocycles. The fourth-order valence-electron chi connectivity index (χ4n) is 4.73. The molecule has 5 aromatic rings. The minimum Gasteiger partial charge on any atom is -0.310 e. The molecule has 0 bridgehead atoms. The van der Waals surface area contributed by atoms with Gasteiger partial charge in [0.1, 0.15) is 7.85 Å². The SMILES string of the molecule is Bc1cccc(N(c2cccc(C)c2)c2cccc(N(c3cccc(C)c3)c3cccc(C)c3)c2)c1.